The molecule has 0 spiro atoms. The van der Waals surface area contributed by atoms with Crippen molar-refractivity contribution in [1.82, 2.24) is 0 Å². The summed E-state index contributed by atoms with van der Waals surface area (Å²) in [5.74, 6) is 0. The Bertz CT molecular complexity index is 1600. The first-order valence-electron chi connectivity index (χ1n) is 13.3. The lowest BCUT2D eigenvalue weighted by Crippen LogP contribution is -2.10. The third-order valence-electron chi connectivity index (χ3n) is 6.82. The zero-order valence-corrected chi connectivity index (χ0v) is 21.7. The van der Waals surface area contributed by atoms with Crippen LogP contribution in [-0.4, -0.2) is 0 Å². The van der Waals surface area contributed by atoms with Crippen LogP contribution in [0.4, 0.5) is 17.1 Å². The number of rotatable bonds is 7. The molecule has 0 aromatic heterocycles. The van der Waals surface area contributed by atoms with Gasteiger partial charge in [-0.3, -0.25) is 0 Å². The fourth-order valence-corrected chi connectivity index (χ4v) is 4.88. The molecule has 0 heterocycles. The molecule has 1 heteroatoms. The first kappa shape index (κ1) is 24.2. The van der Waals surface area contributed by atoms with Gasteiger partial charge < -0.3 is 4.90 Å². The molecule has 186 valence electrons. The first-order valence-corrected chi connectivity index (χ1v) is 13.3. The van der Waals surface area contributed by atoms with Gasteiger partial charge in [-0.25, -0.2) is 0 Å². The smallest absolute Gasteiger partial charge is 0.0467 e. The lowest BCUT2D eigenvalue weighted by molar-refractivity contribution is 1.28. The molecule has 0 unspecified atom stereocenters. The van der Waals surface area contributed by atoms with E-state index in [9.17, 15) is 0 Å². The maximum atomic E-state index is 2.35. The van der Waals surface area contributed by atoms with E-state index in [1.54, 1.807) is 0 Å². The highest BCUT2D eigenvalue weighted by Crippen LogP contribution is 2.38. The van der Waals surface area contributed by atoms with Crippen LogP contribution in [-0.2, 0) is 0 Å². The third-order valence-corrected chi connectivity index (χ3v) is 6.82. The largest absolute Gasteiger partial charge is 0.310 e. The van der Waals surface area contributed by atoms with E-state index in [0.29, 0.717) is 0 Å². The number of hydrogen-bond donors (Lipinski definition) is 0. The van der Waals surface area contributed by atoms with Crippen molar-refractivity contribution in [1.29, 1.82) is 0 Å². The van der Waals surface area contributed by atoms with Gasteiger partial charge in [0.2, 0.25) is 0 Å². The van der Waals surface area contributed by atoms with Crippen molar-refractivity contribution >= 4 is 29.2 Å². The molecule has 0 saturated carbocycles. The highest BCUT2D eigenvalue weighted by Gasteiger charge is 2.14. The molecule has 6 aromatic carbocycles. The standard InChI is InChI=1S/C38H29N/c1-4-13-30(14-5-1)25-26-31-15-10-22-36(27-31)39(37-23-11-20-34(28-37)32-16-6-2-7-17-32)38-24-12-21-35(29-38)33-18-8-3-9-19-33/h1-29H/b26-25+. The molecule has 0 saturated heterocycles. The molecule has 1 nitrogen and oxygen atoms in total. The number of benzene rings is 6. The summed E-state index contributed by atoms with van der Waals surface area (Å²) in [5, 5.41) is 0. The molecule has 0 bridgehead atoms. The molecule has 0 amide bonds. The Morgan fingerprint density at radius 3 is 1.23 bits per heavy atom. The van der Waals surface area contributed by atoms with Gasteiger partial charge in [0.15, 0.2) is 0 Å². The average molecular weight is 500 g/mol. The van der Waals surface area contributed by atoms with Crippen molar-refractivity contribution in [3.63, 3.8) is 0 Å². The molecule has 0 N–H and O–H groups in total. The van der Waals surface area contributed by atoms with Crippen LogP contribution in [0.15, 0.2) is 164 Å². The molecule has 39 heavy (non-hydrogen) atoms. The van der Waals surface area contributed by atoms with Crippen LogP contribution in [0.2, 0.25) is 0 Å². The topological polar surface area (TPSA) is 3.24 Å². The SMILES string of the molecule is C(=C\c1cccc(N(c2cccc(-c3ccccc3)c2)c2cccc(-c3ccccc3)c2)c1)/c1ccccc1. The van der Waals surface area contributed by atoms with E-state index >= 15 is 0 Å². The van der Waals surface area contributed by atoms with Crippen LogP contribution in [0.1, 0.15) is 11.1 Å². The zero-order valence-electron chi connectivity index (χ0n) is 21.7. The monoisotopic (exact) mass is 499 g/mol. The summed E-state index contributed by atoms with van der Waals surface area (Å²) in [6.07, 6.45) is 4.34. The highest BCUT2D eigenvalue weighted by atomic mass is 15.1. The number of nitrogens with zero attached hydrogens (tertiary/aromatic N) is 1. The van der Waals surface area contributed by atoms with Crippen molar-refractivity contribution in [2.45, 2.75) is 0 Å². The number of anilines is 3. The minimum absolute atomic E-state index is 1.11. The fraction of sp³-hybridized carbons (Fsp3) is 0. The summed E-state index contributed by atoms with van der Waals surface area (Å²) in [4.78, 5) is 2.35. The lowest BCUT2D eigenvalue weighted by atomic mass is 10.0. The zero-order chi connectivity index (χ0) is 26.3. The Labute approximate surface area is 231 Å². The van der Waals surface area contributed by atoms with Gasteiger partial charge in [0, 0.05) is 17.1 Å². The van der Waals surface area contributed by atoms with Gasteiger partial charge in [-0.15, -0.1) is 0 Å². The van der Waals surface area contributed by atoms with E-state index in [1.165, 1.54) is 27.8 Å². The summed E-state index contributed by atoms with van der Waals surface area (Å²) in [6, 6.07) is 57.8. The van der Waals surface area contributed by atoms with Gasteiger partial charge >= 0.3 is 0 Å². The van der Waals surface area contributed by atoms with Gasteiger partial charge in [-0.05, 0) is 69.8 Å². The van der Waals surface area contributed by atoms with E-state index in [4.69, 9.17) is 0 Å². The Hall–Kier alpha value is -5.14. The second kappa shape index (κ2) is 11.5. The number of hydrogen-bond acceptors (Lipinski definition) is 1. The maximum Gasteiger partial charge on any atom is 0.0467 e. The van der Waals surface area contributed by atoms with Crippen molar-refractivity contribution in [2.24, 2.45) is 0 Å². The van der Waals surface area contributed by atoms with E-state index in [1.807, 2.05) is 6.07 Å². The van der Waals surface area contributed by atoms with Crippen molar-refractivity contribution in [3.8, 4) is 22.3 Å². The Morgan fingerprint density at radius 1 is 0.308 bits per heavy atom. The van der Waals surface area contributed by atoms with Crippen LogP contribution < -0.4 is 4.90 Å². The normalized spacial score (nSPS) is 11.0. The fourth-order valence-electron chi connectivity index (χ4n) is 4.88. The van der Waals surface area contributed by atoms with Crippen LogP contribution in [0.25, 0.3) is 34.4 Å². The Kier molecular flexibility index (Phi) is 7.14. The summed E-state index contributed by atoms with van der Waals surface area (Å²) in [7, 11) is 0. The molecular formula is C38H29N. The molecule has 0 aliphatic rings. The van der Waals surface area contributed by atoms with Crippen LogP contribution >= 0.6 is 0 Å². The van der Waals surface area contributed by atoms with E-state index in [0.717, 1.165) is 22.6 Å². The van der Waals surface area contributed by atoms with Gasteiger partial charge in [-0.1, -0.05) is 140 Å². The van der Waals surface area contributed by atoms with Gasteiger partial charge in [0.05, 0.1) is 0 Å². The predicted molar refractivity (Wildman–Crippen MR) is 167 cm³/mol. The third kappa shape index (κ3) is 5.74. The van der Waals surface area contributed by atoms with Gasteiger partial charge in [0.1, 0.15) is 0 Å². The molecule has 0 radical (unpaired) electrons. The predicted octanol–water partition coefficient (Wildman–Crippen LogP) is 10.7. The van der Waals surface area contributed by atoms with Crippen molar-refractivity contribution in [2.75, 3.05) is 4.90 Å². The first-order chi connectivity index (χ1) is 19.3. The minimum Gasteiger partial charge on any atom is -0.310 e. The molecule has 0 fully saturated rings. The highest BCUT2D eigenvalue weighted by molar-refractivity contribution is 5.83. The maximum absolute atomic E-state index is 2.35. The van der Waals surface area contributed by atoms with E-state index in [-0.39, 0.29) is 0 Å². The van der Waals surface area contributed by atoms with Gasteiger partial charge in [-0.2, -0.15) is 0 Å². The lowest BCUT2D eigenvalue weighted by Gasteiger charge is -2.27. The summed E-state index contributed by atoms with van der Waals surface area (Å²) >= 11 is 0. The summed E-state index contributed by atoms with van der Waals surface area (Å²) < 4.78 is 0. The molecule has 6 rings (SSSR count). The Balaban J connectivity index is 1.45. The molecular weight excluding hydrogens is 470 g/mol. The summed E-state index contributed by atoms with van der Waals surface area (Å²) in [6.45, 7) is 0. The van der Waals surface area contributed by atoms with Crippen molar-refractivity contribution in [3.05, 3.63) is 175 Å². The van der Waals surface area contributed by atoms with Gasteiger partial charge in [0.25, 0.3) is 0 Å². The van der Waals surface area contributed by atoms with E-state index in [2.05, 4.69) is 175 Å². The quantitative estimate of drug-likeness (QED) is 0.197. The van der Waals surface area contributed by atoms with Crippen LogP contribution in [0, 0.1) is 0 Å². The van der Waals surface area contributed by atoms with E-state index < -0.39 is 0 Å². The van der Waals surface area contributed by atoms with Crippen LogP contribution in [0.5, 0.6) is 0 Å². The molecule has 0 aliphatic carbocycles. The average Bonchev–Trinajstić information content (AvgIpc) is 3.02. The molecule has 6 aromatic rings. The summed E-state index contributed by atoms with van der Waals surface area (Å²) in [5.41, 5.74) is 10.5. The van der Waals surface area contributed by atoms with Crippen LogP contribution in [0.3, 0.4) is 0 Å². The molecule has 0 atom stereocenters. The second-order valence-corrected chi connectivity index (χ2v) is 9.51. The second-order valence-electron chi connectivity index (χ2n) is 9.51. The Morgan fingerprint density at radius 2 is 0.692 bits per heavy atom. The minimum atomic E-state index is 1.11. The molecule has 0 aliphatic heterocycles. The van der Waals surface area contributed by atoms with Crippen molar-refractivity contribution < 1.29 is 0 Å².